The molecule has 1 fully saturated rings. The van der Waals surface area contributed by atoms with Crippen LogP contribution in [0.2, 0.25) is 0 Å². The molecule has 1 aliphatic heterocycles. The van der Waals surface area contributed by atoms with E-state index < -0.39 is 0 Å². The number of benzene rings is 1. The van der Waals surface area contributed by atoms with E-state index in [1.165, 1.54) is 12.0 Å². The molecule has 0 spiro atoms. The van der Waals surface area contributed by atoms with Crippen molar-refractivity contribution < 1.29 is 4.79 Å². The number of amides is 1. The van der Waals surface area contributed by atoms with E-state index in [2.05, 4.69) is 36.6 Å². The molecular formula is C16H24N2O. The lowest BCUT2D eigenvalue weighted by molar-refractivity contribution is -0.116. The molecule has 1 heterocycles. The largest absolute Gasteiger partial charge is 0.326 e. The summed E-state index contributed by atoms with van der Waals surface area (Å²) >= 11 is 0. The molecule has 1 saturated heterocycles. The van der Waals surface area contributed by atoms with Crippen LogP contribution in [-0.2, 0) is 4.79 Å². The average molecular weight is 260 g/mol. The Morgan fingerprint density at radius 2 is 2.32 bits per heavy atom. The Hall–Kier alpha value is -1.35. The van der Waals surface area contributed by atoms with Gasteiger partial charge in [-0.1, -0.05) is 26.0 Å². The van der Waals surface area contributed by atoms with Crippen LogP contribution in [0.3, 0.4) is 0 Å². The van der Waals surface area contributed by atoms with Crippen molar-refractivity contribution in [3.8, 4) is 0 Å². The van der Waals surface area contributed by atoms with E-state index in [9.17, 15) is 4.79 Å². The monoisotopic (exact) mass is 260 g/mol. The van der Waals surface area contributed by atoms with Gasteiger partial charge in [0, 0.05) is 12.1 Å². The maximum Gasteiger partial charge on any atom is 0.224 e. The predicted octanol–water partition coefficient (Wildman–Crippen LogP) is 3.14. The summed E-state index contributed by atoms with van der Waals surface area (Å²) in [4.78, 5) is 11.9. The maximum atomic E-state index is 11.9. The zero-order valence-electron chi connectivity index (χ0n) is 11.9. The third-order valence-electron chi connectivity index (χ3n) is 3.78. The summed E-state index contributed by atoms with van der Waals surface area (Å²) in [5.74, 6) is 1.29. The topological polar surface area (TPSA) is 41.1 Å². The third kappa shape index (κ3) is 4.35. The fraction of sp³-hybridized carbons (Fsp3) is 0.562. The van der Waals surface area contributed by atoms with Crippen molar-refractivity contribution in [2.24, 2.45) is 5.92 Å². The fourth-order valence-corrected chi connectivity index (χ4v) is 2.50. The predicted molar refractivity (Wildman–Crippen MR) is 79.4 cm³/mol. The Balaban J connectivity index is 1.82. The highest BCUT2D eigenvalue weighted by atomic mass is 16.1. The maximum absolute atomic E-state index is 11.9. The minimum absolute atomic E-state index is 0.132. The molecule has 1 aliphatic rings. The molecule has 3 heteroatoms. The van der Waals surface area contributed by atoms with Crippen molar-refractivity contribution in [1.82, 2.24) is 5.32 Å². The second-order valence-corrected chi connectivity index (χ2v) is 5.73. The number of hydrogen-bond donors (Lipinski definition) is 2. The first-order chi connectivity index (χ1) is 9.15. The van der Waals surface area contributed by atoms with Gasteiger partial charge in [0.2, 0.25) is 5.91 Å². The number of nitrogens with one attached hydrogen (secondary N) is 2. The quantitative estimate of drug-likeness (QED) is 0.854. The van der Waals surface area contributed by atoms with Crippen LogP contribution in [0.4, 0.5) is 5.69 Å². The summed E-state index contributed by atoms with van der Waals surface area (Å²) in [5, 5.41) is 6.34. The van der Waals surface area contributed by atoms with Crippen molar-refractivity contribution in [3.63, 3.8) is 0 Å². The smallest absolute Gasteiger partial charge is 0.224 e. The van der Waals surface area contributed by atoms with Crippen molar-refractivity contribution in [1.29, 1.82) is 0 Å². The Labute approximate surface area is 115 Å². The Kier molecular flexibility index (Phi) is 4.97. The van der Waals surface area contributed by atoms with Crippen molar-refractivity contribution >= 4 is 11.6 Å². The first kappa shape index (κ1) is 14.1. The highest BCUT2D eigenvalue weighted by molar-refractivity contribution is 5.90. The van der Waals surface area contributed by atoms with Gasteiger partial charge in [0.1, 0.15) is 0 Å². The van der Waals surface area contributed by atoms with Gasteiger partial charge in [0.05, 0.1) is 0 Å². The van der Waals surface area contributed by atoms with Gasteiger partial charge in [0.15, 0.2) is 0 Å². The molecule has 1 unspecified atom stereocenters. The Morgan fingerprint density at radius 3 is 3.00 bits per heavy atom. The van der Waals surface area contributed by atoms with Gasteiger partial charge >= 0.3 is 0 Å². The minimum Gasteiger partial charge on any atom is -0.326 e. The SMILES string of the molecule is CC(C)c1cccc(NC(=O)CCC2CCNC2)c1. The van der Waals surface area contributed by atoms with E-state index in [1.54, 1.807) is 0 Å². The molecular weight excluding hydrogens is 236 g/mol. The van der Waals surface area contributed by atoms with Crippen molar-refractivity contribution in [2.75, 3.05) is 18.4 Å². The van der Waals surface area contributed by atoms with Gasteiger partial charge in [-0.3, -0.25) is 4.79 Å². The third-order valence-corrected chi connectivity index (χ3v) is 3.78. The standard InChI is InChI=1S/C16H24N2O/c1-12(2)14-4-3-5-15(10-14)18-16(19)7-6-13-8-9-17-11-13/h3-5,10,12-13,17H,6-9,11H2,1-2H3,(H,18,19). The lowest BCUT2D eigenvalue weighted by Gasteiger charge is -2.11. The van der Waals surface area contributed by atoms with Crippen LogP contribution >= 0.6 is 0 Å². The Morgan fingerprint density at radius 1 is 1.47 bits per heavy atom. The van der Waals surface area contributed by atoms with Gasteiger partial charge in [0.25, 0.3) is 0 Å². The molecule has 1 amide bonds. The van der Waals surface area contributed by atoms with E-state index in [0.29, 0.717) is 18.3 Å². The Bertz CT molecular complexity index is 423. The molecule has 0 aliphatic carbocycles. The van der Waals surface area contributed by atoms with E-state index in [0.717, 1.165) is 25.2 Å². The molecule has 104 valence electrons. The summed E-state index contributed by atoms with van der Waals surface area (Å²) in [6.45, 7) is 6.49. The van der Waals surface area contributed by atoms with E-state index in [-0.39, 0.29) is 5.91 Å². The second-order valence-electron chi connectivity index (χ2n) is 5.73. The van der Waals surface area contributed by atoms with Gasteiger partial charge in [-0.15, -0.1) is 0 Å². The fourth-order valence-electron chi connectivity index (χ4n) is 2.50. The molecule has 2 N–H and O–H groups in total. The van der Waals surface area contributed by atoms with Crippen LogP contribution < -0.4 is 10.6 Å². The molecule has 2 rings (SSSR count). The number of rotatable bonds is 5. The van der Waals surface area contributed by atoms with Crippen LogP contribution in [0.1, 0.15) is 44.6 Å². The zero-order chi connectivity index (χ0) is 13.7. The van der Waals surface area contributed by atoms with Gasteiger partial charge in [-0.2, -0.15) is 0 Å². The number of hydrogen-bond acceptors (Lipinski definition) is 2. The van der Waals surface area contributed by atoms with Crippen molar-refractivity contribution in [3.05, 3.63) is 29.8 Å². The summed E-state index contributed by atoms with van der Waals surface area (Å²) in [6.07, 6.45) is 2.82. The van der Waals surface area contributed by atoms with E-state index in [1.807, 2.05) is 12.1 Å². The molecule has 3 nitrogen and oxygen atoms in total. The van der Waals surface area contributed by atoms with E-state index >= 15 is 0 Å². The highest BCUT2D eigenvalue weighted by Gasteiger charge is 2.15. The number of carbonyl (C=O) groups excluding carboxylic acids is 1. The summed E-state index contributed by atoms with van der Waals surface area (Å²) in [7, 11) is 0. The first-order valence-electron chi connectivity index (χ1n) is 7.25. The molecule has 0 radical (unpaired) electrons. The normalized spacial score (nSPS) is 18.8. The van der Waals surface area contributed by atoms with Gasteiger partial charge in [-0.25, -0.2) is 0 Å². The summed E-state index contributed by atoms with van der Waals surface area (Å²) < 4.78 is 0. The van der Waals surface area contributed by atoms with Gasteiger partial charge < -0.3 is 10.6 Å². The van der Waals surface area contributed by atoms with Crippen LogP contribution in [0, 0.1) is 5.92 Å². The lowest BCUT2D eigenvalue weighted by Crippen LogP contribution is -2.15. The molecule has 1 aromatic carbocycles. The molecule has 1 aromatic rings. The van der Waals surface area contributed by atoms with E-state index in [4.69, 9.17) is 0 Å². The average Bonchev–Trinajstić information content (AvgIpc) is 2.90. The van der Waals surface area contributed by atoms with Crippen LogP contribution in [-0.4, -0.2) is 19.0 Å². The lowest BCUT2D eigenvalue weighted by atomic mass is 10.0. The minimum atomic E-state index is 0.132. The van der Waals surface area contributed by atoms with Crippen LogP contribution in [0.25, 0.3) is 0 Å². The number of carbonyl (C=O) groups is 1. The summed E-state index contributed by atoms with van der Waals surface area (Å²) in [6, 6.07) is 8.14. The molecule has 1 atom stereocenters. The molecule has 0 aromatic heterocycles. The first-order valence-corrected chi connectivity index (χ1v) is 7.25. The second kappa shape index (κ2) is 6.71. The zero-order valence-corrected chi connectivity index (χ0v) is 11.9. The molecule has 19 heavy (non-hydrogen) atoms. The molecule has 0 saturated carbocycles. The molecule has 0 bridgehead atoms. The highest BCUT2D eigenvalue weighted by Crippen LogP contribution is 2.19. The van der Waals surface area contributed by atoms with Crippen LogP contribution in [0.5, 0.6) is 0 Å². The summed E-state index contributed by atoms with van der Waals surface area (Å²) in [5.41, 5.74) is 2.18. The van der Waals surface area contributed by atoms with Crippen LogP contribution in [0.15, 0.2) is 24.3 Å². The van der Waals surface area contributed by atoms with Crippen molar-refractivity contribution in [2.45, 2.75) is 39.0 Å². The number of anilines is 1. The van der Waals surface area contributed by atoms with Gasteiger partial charge in [-0.05, 0) is 55.5 Å².